The van der Waals surface area contributed by atoms with Crippen molar-refractivity contribution in [3.63, 3.8) is 0 Å². The lowest BCUT2D eigenvalue weighted by Crippen LogP contribution is -2.23. The summed E-state index contributed by atoms with van der Waals surface area (Å²) < 4.78 is 27.6. The molecule has 0 saturated carbocycles. The SMILES string of the molecule is CCCn1c(SCc2cccc(S(=O)(=O)N(C)C)c2)nc2cc(Cl)ccc2c1=O. The third kappa shape index (κ3) is 4.66. The summed E-state index contributed by atoms with van der Waals surface area (Å²) >= 11 is 7.47. The van der Waals surface area contributed by atoms with Crippen molar-refractivity contribution < 1.29 is 8.42 Å². The molecule has 6 nitrogen and oxygen atoms in total. The van der Waals surface area contributed by atoms with Crippen LogP contribution in [0.1, 0.15) is 18.9 Å². The van der Waals surface area contributed by atoms with Gasteiger partial charge in [-0.3, -0.25) is 9.36 Å². The number of rotatable bonds is 7. The largest absolute Gasteiger partial charge is 0.287 e. The molecule has 0 bridgehead atoms. The lowest BCUT2D eigenvalue weighted by molar-refractivity contribution is 0.520. The number of aromatic nitrogens is 2. The highest BCUT2D eigenvalue weighted by Gasteiger charge is 2.18. The maximum atomic E-state index is 12.9. The molecule has 0 aliphatic heterocycles. The highest BCUT2D eigenvalue weighted by molar-refractivity contribution is 7.98. The Morgan fingerprint density at radius 1 is 1.17 bits per heavy atom. The summed E-state index contributed by atoms with van der Waals surface area (Å²) in [6.45, 7) is 2.56. The summed E-state index contributed by atoms with van der Waals surface area (Å²) in [6.07, 6.45) is 0.796. The van der Waals surface area contributed by atoms with Crippen LogP contribution in [0.2, 0.25) is 5.02 Å². The minimum atomic E-state index is -3.50. The molecule has 9 heteroatoms. The third-order valence-electron chi connectivity index (χ3n) is 4.37. The van der Waals surface area contributed by atoms with Crippen LogP contribution in [-0.4, -0.2) is 36.4 Å². The molecular formula is C20H22ClN3O3S2. The van der Waals surface area contributed by atoms with Crippen molar-refractivity contribution in [1.29, 1.82) is 0 Å². The molecule has 0 atom stereocenters. The molecule has 2 aromatic carbocycles. The van der Waals surface area contributed by atoms with Crippen molar-refractivity contribution in [1.82, 2.24) is 13.9 Å². The van der Waals surface area contributed by atoms with Crippen LogP contribution in [0.15, 0.2) is 57.3 Å². The summed E-state index contributed by atoms with van der Waals surface area (Å²) in [5.41, 5.74) is 1.29. The molecule has 3 aromatic rings. The molecular weight excluding hydrogens is 430 g/mol. The molecule has 154 valence electrons. The number of thioether (sulfide) groups is 1. The van der Waals surface area contributed by atoms with Crippen molar-refractivity contribution in [3.8, 4) is 0 Å². The molecule has 1 aromatic heterocycles. The number of hydrogen-bond acceptors (Lipinski definition) is 5. The van der Waals surface area contributed by atoms with Gasteiger partial charge in [0.05, 0.1) is 15.8 Å². The minimum absolute atomic E-state index is 0.0973. The van der Waals surface area contributed by atoms with Gasteiger partial charge < -0.3 is 0 Å². The summed E-state index contributed by atoms with van der Waals surface area (Å²) in [7, 11) is -0.492. The van der Waals surface area contributed by atoms with Crippen molar-refractivity contribution in [2.75, 3.05) is 14.1 Å². The van der Waals surface area contributed by atoms with Gasteiger partial charge in [-0.2, -0.15) is 0 Å². The van der Waals surface area contributed by atoms with E-state index in [-0.39, 0.29) is 10.5 Å². The minimum Gasteiger partial charge on any atom is -0.287 e. The monoisotopic (exact) mass is 451 g/mol. The Morgan fingerprint density at radius 2 is 1.93 bits per heavy atom. The number of hydrogen-bond donors (Lipinski definition) is 0. The second-order valence-corrected chi connectivity index (χ2v) is 10.3. The van der Waals surface area contributed by atoms with Crippen LogP contribution in [0.25, 0.3) is 10.9 Å². The fraction of sp³-hybridized carbons (Fsp3) is 0.300. The van der Waals surface area contributed by atoms with Crippen molar-refractivity contribution in [2.24, 2.45) is 0 Å². The van der Waals surface area contributed by atoms with Crippen molar-refractivity contribution >= 4 is 44.3 Å². The van der Waals surface area contributed by atoms with Gasteiger partial charge >= 0.3 is 0 Å². The number of halogens is 1. The number of nitrogens with zero attached hydrogens (tertiary/aromatic N) is 3. The van der Waals surface area contributed by atoms with Crippen molar-refractivity contribution in [3.05, 3.63) is 63.4 Å². The van der Waals surface area contributed by atoms with Crippen LogP contribution in [0, 0.1) is 0 Å². The molecule has 1 heterocycles. The van der Waals surface area contributed by atoms with Crippen LogP contribution in [0.4, 0.5) is 0 Å². The first kappa shape index (κ1) is 21.8. The number of benzene rings is 2. The fourth-order valence-corrected chi connectivity index (χ4v) is 4.97. The van der Waals surface area contributed by atoms with Gasteiger partial charge in [0.2, 0.25) is 10.0 Å². The van der Waals surface area contributed by atoms with Gasteiger partial charge in [0, 0.05) is 31.4 Å². The van der Waals surface area contributed by atoms with E-state index in [1.165, 1.54) is 30.2 Å². The Balaban J connectivity index is 1.96. The second-order valence-electron chi connectivity index (χ2n) is 6.74. The van der Waals surface area contributed by atoms with Crippen LogP contribution in [-0.2, 0) is 22.3 Å². The van der Waals surface area contributed by atoms with Gasteiger partial charge in [-0.25, -0.2) is 17.7 Å². The average molecular weight is 452 g/mol. The van der Waals surface area contributed by atoms with E-state index < -0.39 is 10.0 Å². The average Bonchev–Trinajstić information content (AvgIpc) is 2.68. The number of sulfonamides is 1. The maximum Gasteiger partial charge on any atom is 0.262 e. The van der Waals surface area contributed by atoms with Gasteiger partial charge in [0.1, 0.15) is 0 Å². The zero-order valence-corrected chi connectivity index (χ0v) is 18.8. The predicted octanol–water partition coefficient (Wildman–Crippen LogP) is 4.00. The van der Waals surface area contributed by atoms with Crippen LogP contribution in [0.5, 0.6) is 0 Å². The van der Waals surface area contributed by atoms with Gasteiger partial charge in [-0.05, 0) is 42.3 Å². The molecule has 0 fully saturated rings. The van der Waals surface area contributed by atoms with Gasteiger partial charge in [0.15, 0.2) is 5.16 Å². The molecule has 0 N–H and O–H groups in total. The van der Waals surface area contributed by atoms with E-state index in [2.05, 4.69) is 4.98 Å². The quantitative estimate of drug-likeness (QED) is 0.401. The fourth-order valence-electron chi connectivity index (χ4n) is 2.86. The smallest absolute Gasteiger partial charge is 0.262 e. The van der Waals surface area contributed by atoms with E-state index in [4.69, 9.17) is 11.6 Å². The van der Waals surface area contributed by atoms with Gasteiger partial charge in [-0.1, -0.05) is 42.4 Å². The Hall–Kier alpha value is -1.87. The molecule has 29 heavy (non-hydrogen) atoms. The van der Waals surface area contributed by atoms with E-state index in [1.54, 1.807) is 41.0 Å². The summed E-state index contributed by atoms with van der Waals surface area (Å²) in [5, 5.41) is 1.65. The Labute approximate surface area is 179 Å². The van der Waals surface area contributed by atoms with E-state index in [0.29, 0.717) is 33.4 Å². The Bertz CT molecular complexity index is 1210. The molecule has 0 unspecified atom stereocenters. The first-order valence-corrected chi connectivity index (χ1v) is 11.9. The maximum absolute atomic E-state index is 12.9. The topological polar surface area (TPSA) is 72.3 Å². The second kappa shape index (κ2) is 8.87. The first-order chi connectivity index (χ1) is 13.7. The van der Waals surface area contributed by atoms with E-state index in [1.807, 2.05) is 13.0 Å². The first-order valence-electron chi connectivity index (χ1n) is 9.08. The Morgan fingerprint density at radius 3 is 2.62 bits per heavy atom. The lowest BCUT2D eigenvalue weighted by Gasteiger charge is -2.14. The van der Waals surface area contributed by atoms with Gasteiger partial charge in [-0.15, -0.1) is 0 Å². The molecule has 0 radical (unpaired) electrons. The van der Waals surface area contributed by atoms with Crippen molar-refractivity contribution in [2.45, 2.75) is 35.7 Å². The highest BCUT2D eigenvalue weighted by Crippen LogP contribution is 2.25. The number of fused-ring (bicyclic) bond motifs is 1. The summed E-state index contributed by atoms with van der Waals surface area (Å²) in [6, 6.07) is 11.9. The van der Waals surface area contributed by atoms with E-state index in [0.717, 1.165) is 12.0 Å². The van der Waals surface area contributed by atoms with E-state index >= 15 is 0 Å². The van der Waals surface area contributed by atoms with Crippen LogP contribution in [0.3, 0.4) is 0 Å². The standard InChI is InChI=1S/C20H22ClN3O3S2/c1-4-10-24-19(25)17-9-8-15(21)12-18(17)22-20(24)28-13-14-6-5-7-16(11-14)29(26,27)23(2)3/h5-9,11-12H,4,10,13H2,1-3H3. The summed E-state index contributed by atoms with van der Waals surface area (Å²) in [5.74, 6) is 0.485. The van der Waals surface area contributed by atoms with Gasteiger partial charge in [0.25, 0.3) is 5.56 Å². The molecule has 0 aliphatic carbocycles. The van der Waals surface area contributed by atoms with Crippen LogP contribution < -0.4 is 5.56 Å². The normalized spacial score (nSPS) is 12.0. The molecule has 0 saturated heterocycles. The predicted molar refractivity (Wildman–Crippen MR) is 118 cm³/mol. The highest BCUT2D eigenvalue weighted by atomic mass is 35.5. The van der Waals surface area contributed by atoms with E-state index in [9.17, 15) is 13.2 Å². The molecule has 0 aliphatic rings. The molecule has 0 amide bonds. The molecule has 0 spiro atoms. The summed E-state index contributed by atoms with van der Waals surface area (Å²) in [4.78, 5) is 17.8. The lowest BCUT2D eigenvalue weighted by atomic mass is 10.2. The Kier molecular flexibility index (Phi) is 6.68. The van der Waals surface area contributed by atoms with Crippen LogP contribution >= 0.6 is 23.4 Å². The molecule has 3 rings (SSSR count). The zero-order chi connectivity index (χ0) is 21.2. The zero-order valence-electron chi connectivity index (χ0n) is 16.4. The third-order valence-corrected chi connectivity index (χ3v) is 7.47.